The van der Waals surface area contributed by atoms with Gasteiger partial charge < -0.3 is 9.26 Å². The molecule has 152 valence electrons. The van der Waals surface area contributed by atoms with Crippen molar-refractivity contribution in [2.45, 2.75) is 19.2 Å². The largest absolute Gasteiger partial charge is 0.465 e. The number of aromatic nitrogens is 2. The average Bonchev–Trinajstić information content (AvgIpc) is 3.16. The summed E-state index contributed by atoms with van der Waals surface area (Å²) in [6.45, 7) is 1.90. The lowest BCUT2D eigenvalue weighted by Crippen LogP contribution is -2.28. The standard InChI is InChI=1S/C20H21N3O5S/c1-14-6-4-5-7-17(14)19-21-18(28-22-19)12-23(2)29(25,26)13-15-8-10-16(11-9-15)20(24)27-3/h4-11H,12-13H2,1-3H3. The SMILES string of the molecule is COC(=O)c1ccc(CS(=O)(=O)N(C)Cc2nc(-c3ccccc3C)no2)cc1. The topological polar surface area (TPSA) is 103 Å². The van der Waals surface area contributed by atoms with E-state index in [-0.39, 0.29) is 18.2 Å². The molecule has 3 rings (SSSR count). The minimum absolute atomic E-state index is 0.0402. The molecule has 9 heteroatoms. The number of esters is 1. The van der Waals surface area contributed by atoms with Crippen molar-refractivity contribution >= 4 is 16.0 Å². The average molecular weight is 415 g/mol. The maximum atomic E-state index is 12.7. The third-order valence-corrected chi connectivity index (χ3v) is 6.19. The van der Waals surface area contributed by atoms with Gasteiger partial charge in [0.2, 0.25) is 21.7 Å². The first-order chi connectivity index (χ1) is 13.8. The van der Waals surface area contributed by atoms with Crippen LogP contribution < -0.4 is 0 Å². The highest BCUT2D eigenvalue weighted by Gasteiger charge is 2.22. The molecule has 0 atom stereocenters. The zero-order chi connectivity index (χ0) is 21.0. The van der Waals surface area contributed by atoms with Crippen molar-refractivity contribution in [3.63, 3.8) is 0 Å². The molecule has 1 aromatic heterocycles. The van der Waals surface area contributed by atoms with Crippen molar-refractivity contribution in [2.75, 3.05) is 14.2 Å². The Bertz CT molecular complexity index is 1110. The third-order valence-electron chi connectivity index (χ3n) is 4.41. The molecule has 0 fully saturated rings. The summed E-state index contributed by atoms with van der Waals surface area (Å²) in [5.74, 6) is -0.0703. The minimum Gasteiger partial charge on any atom is -0.465 e. The van der Waals surface area contributed by atoms with E-state index in [2.05, 4.69) is 14.9 Å². The van der Waals surface area contributed by atoms with E-state index in [1.165, 1.54) is 26.3 Å². The van der Waals surface area contributed by atoms with Crippen LogP contribution in [-0.4, -0.2) is 43.0 Å². The van der Waals surface area contributed by atoms with Crippen LogP contribution in [0.4, 0.5) is 0 Å². The molecule has 0 amide bonds. The summed E-state index contributed by atoms with van der Waals surface area (Å²) in [5, 5.41) is 3.95. The van der Waals surface area contributed by atoms with E-state index < -0.39 is 16.0 Å². The van der Waals surface area contributed by atoms with E-state index in [0.29, 0.717) is 17.0 Å². The van der Waals surface area contributed by atoms with Crippen molar-refractivity contribution in [1.29, 1.82) is 0 Å². The van der Waals surface area contributed by atoms with Crippen LogP contribution in [0.3, 0.4) is 0 Å². The van der Waals surface area contributed by atoms with E-state index in [1.54, 1.807) is 12.1 Å². The predicted molar refractivity (Wildman–Crippen MR) is 106 cm³/mol. The number of hydrogen-bond acceptors (Lipinski definition) is 7. The zero-order valence-electron chi connectivity index (χ0n) is 16.3. The first-order valence-corrected chi connectivity index (χ1v) is 10.4. The summed E-state index contributed by atoms with van der Waals surface area (Å²) in [6, 6.07) is 13.8. The van der Waals surface area contributed by atoms with Crippen molar-refractivity contribution in [3.8, 4) is 11.4 Å². The Morgan fingerprint density at radius 3 is 2.48 bits per heavy atom. The van der Waals surface area contributed by atoms with Gasteiger partial charge in [0.05, 0.1) is 25.0 Å². The molecule has 0 saturated heterocycles. The van der Waals surface area contributed by atoms with Crippen molar-refractivity contribution in [1.82, 2.24) is 14.4 Å². The molecule has 0 N–H and O–H groups in total. The molecule has 3 aromatic rings. The van der Waals surface area contributed by atoms with Crippen LogP contribution in [0.15, 0.2) is 53.1 Å². The number of sulfonamides is 1. The number of nitrogens with zero attached hydrogens (tertiary/aromatic N) is 3. The Hall–Kier alpha value is -3.04. The third kappa shape index (κ3) is 4.87. The number of benzene rings is 2. The molecule has 0 unspecified atom stereocenters. The lowest BCUT2D eigenvalue weighted by atomic mass is 10.1. The highest BCUT2D eigenvalue weighted by molar-refractivity contribution is 7.88. The van der Waals surface area contributed by atoms with Crippen molar-refractivity contribution < 1.29 is 22.5 Å². The normalized spacial score (nSPS) is 11.6. The summed E-state index contributed by atoms with van der Waals surface area (Å²) >= 11 is 0. The number of carbonyl (C=O) groups excluding carboxylic acids is 1. The molecular formula is C20H21N3O5S. The summed E-state index contributed by atoms with van der Waals surface area (Å²) in [5.41, 5.74) is 2.74. The highest BCUT2D eigenvalue weighted by atomic mass is 32.2. The fourth-order valence-electron chi connectivity index (χ4n) is 2.72. The second-order valence-electron chi connectivity index (χ2n) is 6.53. The fourth-order valence-corrected chi connectivity index (χ4v) is 3.86. The van der Waals surface area contributed by atoms with Crippen LogP contribution in [0, 0.1) is 6.92 Å². The van der Waals surface area contributed by atoms with E-state index in [4.69, 9.17) is 4.52 Å². The van der Waals surface area contributed by atoms with E-state index in [0.717, 1.165) is 15.4 Å². The van der Waals surface area contributed by atoms with Crippen molar-refractivity contribution in [2.24, 2.45) is 0 Å². The van der Waals surface area contributed by atoms with Gasteiger partial charge in [-0.1, -0.05) is 41.6 Å². The fraction of sp³-hybridized carbons (Fsp3) is 0.250. The van der Waals surface area contributed by atoms with Crippen molar-refractivity contribution in [3.05, 3.63) is 71.1 Å². The number of ether oxygens (including phenoxy) is 1. The summed E-state index contributed by atoms with van der Waals surface area (Å²) < 4.78 is 36.3. The van der Waals surface area contributed by atoms with Crippen LogP contribution >= 0.6 is 0 Å². The number of rotatable bonds is 7. The van der Waals surface area contributed by atoms with Crippen LogP contribution in [0.5, 0.6) is 0 Å². The Balaban J connectivity index is 1.69. The number of aryl methyl sites for hydroxylation is 1. The highest BCUT2D eigenvalue weighted by Crippen LogP contribution is 2.21. The molecule has 2 aromatic carbocycles. The number of hydrogen-bond donors (Lipinski definition) is 0. The molecular weight excluding hydrogens is 394 g/mol. The summed E-state index contributed by atoms with van der Waals surface area (Å²) in [7, 11) is -0.881. The molecule has 29 heavy (non-hydrogen) atoms. The first kappa shape index (κ1) is 20.7. The number of carbonyl (C=O) groups is 1. The number of methoxy groups -OCH3 is 1. The maximum Gasteiger partial charge on any atom is 0.337 e. The summed E-state index contributed by atoms with van der Waals surface area (Å²) in [6.07, 6.45) is 0. The molecule has 0 bridgehead atoms. The molecule has 0 radical (unpaired) electrons. The van der Waals surface area contributed by atoms with Gasteiger partial charge in [-0.05, 0) is 30.2 Å². The van der Waals surface area contributed by atoms with Gasteiger partial charge in [-0.3, -0.25) is 0 Å². The zero-order valence-corrected chi connectivity index (χ0v) is 17.1. The van der Waals surface area contributed by atoms with E-state index in [1.807, 2.05) is 31.2 Å². The molecule has 1 heterocycles. The van der Waals surface area contributed by atoms with Gasteiger partial charge in [-0.15, -0.1) is 0 Å². The predicted octanol–water partition coefficient (Wildman–Crippen LogP) is 2.79. The molecule has 8 nitrogen and oxygen atoms in total. The Morgan fingerprint density at radius 1 is 1.14 bits per heavy atom. The Kier molecular flexibility index (Phi) is 6.09. The quantitative estimate of drug-likeness (QED) is 0.547. The van der Waals surface area contributed by atoms with Gasteiger partial charge in [-0.25, -0.2) is 13.2 Å². The summed E-state index contributed by atoms with van der Waals surface area (Å²) in [4.78, 5) is 15.8. The second kappa shape index (κ2) is 8.54. The van der Waals surface area contributed by atoms with Gasteiger partial charge in [0.15, 0.2) is 0 Å². The van der Waals surface area contributed by atoms with Crippen LogP contribution in [0.25, 0.3) is 11.4 Å². The maximum absolute atomic E-state index is 12.7. The van der Waals surface area contributed by atoms with E-state index in [9.17, 15) is 13.2 Å². The second-order valence-corrected chi connectivity index (χ2v) is 8.60. The van der Waals surface area contributed by atoms with Gasteiger partial charge in [0.1, 0.15) is 0 Å². The molecule has 0 saturated carbocycles. The van der Waals surface area contributed by atoms with E-state index >= 15 is 0 Å². The molecule has 0 spiro atoms. The van der Waals surface area contributed by atoms with Crippen LogP contribution in [0.1, 0.15) is 27.4 Å². The lowest BCUT2D eigenvalue weighted by molar-refractivity contribution is 0.0600. The van der Waals surface area contributed by atoms with Gasteiger partial charge in [-0.2, -0.15) is 9.29 Å². The monoisotopic (exact) mass is 415 g/mol. The van der Waals surface area contributed by atoms with Crippen LogP contribution in [-0.2, 0) is 27.1 Å². The molecule has 0 aliphatic carbocycles. The minimum atomic E-state index is -3.62. The van der Waals surface area contributed by atoms with Gasteiger partial charge >= 0.3 is 5.97 Å². The Morgan fingerprint density at radius 2 is 1.83 bits per heavy atom. The molecule has 0 aliphatic rings. The van der Waals surface area contributed by atoms with Crippen LogP contribution in [0.2, 0.25) is 0 Å². The molecule has 0 aliphatic heterocycles. The lowest BCUT2D eigenvalue weighted by Gasteiger charge is -2.15. The Labute approximate surface area is 169 Å². The smallest absolute Gasteiger partial charge is 0.337 e. The van der Waals surface area contributed by atoms with Gasteiger partial charge in [0.25, 0.3) is 0 Å². The van der Waals surface area contributed by atoms with Gasteiger partial charge in [0, 0.05) is 12.6 Å². The first-order valence-electron chi connectivity index (χ1n) is 8.80.